The Kier molecular flexibility index (Phi) is 4.84. The van der Waals surface area contributed by atoms with Gasteiger partial charge in [-0.2, -0.15) is 0 Å². The quantitative estimate of drug-likeness (QED) is 0.554. The summed E-state index contributed by atoms with van der Waals surface area (Å²) in [5, 5.41) is 7.34. The molecule has 1 aliphatic heterocycles. The Morgan fingerprint density at radius 1 is 0.960 bits per heavy atom. The topological polar surface area (TPSA) is 28.2 Å². The van der Waals surface area contributed by atoms with Crippen molar-refractivity contribution in [2.24, 2.45) is 0 Å². The first-order chi connectivity index (χ1) is 12.2. The lowest BCUT2D eigenvalue weighted by Crippen LogP contribution is -2.17. The van der Waals surface area contributed by atoms with Gasteiger partial charge in [0.2, 0.25) is 0 Å². The Bertz CT molecular complexity index is 850. The van der Waals surface area contributed by atoms with Crippen molar-refractivity contribution in [2.45, 2.75) is 12.8 Å². The zero-order chi connectivity index (χ0) is 17.2. The number of hydrogen-bond acceptors (Lipinski definition) is 4. The Labute approximate surface area is 161 Å². The largest absolute Gasteiger partial charge is 0.372 e. The van der Waals surface area contributed by atoms with Crippen LogP contribution >= 0.6 is 34.5 Å². The average Bonchev–Trinajstić information content (AvgIpc) is 3.26. The molecule has 0 saturated carbocycles. The van der Waals surface area contributed by atoms with Gasteiger partial charge in [0.1, 0.15) is 0 Å². The van der Waals surface area contributed by atoms with Gasteiger partial charge in [-0.15, -0.1) is 11.3 Å². The summed E-state index contributed by atoms with van der Waals surface area (Å²) in [7, 11) is 0. The van der Waals surface area contributed by atoms with E-state index >= 15 is 0 Å². The lowest BCUT2D eigenvalue weighted by molar-refractivity contribution is 0.949. The summed E-state index contributed by atoms with van der Waals surface area (Å²) in [4.78, 5) is 7.10. The van der Waals surface area contributed by atoms with Crippen molar-refractivity contribution in [2.75, 3.05) is 23.3 Å². The van der Waals surface area contributed by atoms with Gasteiger partial charge in [-0.25, -0.2) is 4.98 Å². The van der Waals surface area contributed by atoms with E-state index in [2.05, 4.69) is 44.8 Å². The molecule has 1 aromatic heterocycles. The highest BCUT2D eigenvalue weighted by atomic mass is 35.5. The van der Waals surface area contributed by atoms with Crippen molar-refractivity contribution in [1.29, 1.82) is 0 Å². The van der Waals surface area contributed by atoms with E-state index in [0.717, 1.165) is 35.2 Å². The Morgan fingerprint density at radius 2 is 1.64 bits per heavy atom. The predicted molar refractivity (Wildman–Crippen MR) is 109 cm³/mol. The van der Waals surface area contributed by atoms with E-state index < -0.39 is 0 Å². The number of hydrogen-bond donors (Lipinski definition) is 1. The second-order valence-corrected chi connectivity index (χ2v) is 7.79. The van der Waals surface area contributed by atoms with Crippen LogP contribution in [0.5, 0.6) is 0 Å². The number of halogens is 2. The molecule has 25 heavy (non-hydrogen) atoms. The smallest absolute Gasteiger partial charge is 0.187 e. The van der Waals surface area contributed by atoms with Crippen LogP contribution in [-0.4, -0.2) is 18.1 Å². The molecule has 2 aromatic carbocycles. The number of benzene rings is 2. The zero-order valence-electron chi connectivity index (χ0n) is 13.5. The van der Waals surface area contributed by atoms with Crippen LogP contribution in [0.2, 0.25) is 10.0 Å². The first-order valence-corrected chi connectivity index (χ1v) is 9.85. The fourth-order valence-corrected chi connectivity index (χ4v) is 4.30. The fourth-order valence-electron chi connectivity index (χ4n) is 3.03. The van der Waals surface area contributed by atoms with E-state index in [-0.39, 0.29) is 0 Å². The standard InChI is InChI=1S/C19H17Cl2N3S/c20-14-9-15(21)11-16(10-14)22-19-23-18(12-25-19)13-3-5-17(6-4-13)24-7-1-2-8-24/h3-6,9-12H,1-2,7-8H2,(H,22,23). The lowest BCUT2D eigenvalue weighted by atomic mass is 10.1. The molecule has 4 rings (SSSR count). The molecule has 1 saturated heterocycles. The third-order valence-electron chi connectivity index (χ3n) is 4.25. The summed E-state index contributed by atoms with van der Waals surface area (Å²) in [6.45, 7) is 2.32. The van der Waals surface area contributed by atoms with Crippen molar-refractivity contribution in [3.63, 3.8) is 0 Å². The van der Waals surface area contributed by atoms with Gasteiger partial charge in [0.15, 0.2) is 5.13 Å². The summed E-state index contributed by atoms with van der Waals surface area (Å²) in [6.07, 6.45) is 2.58. The molecule has 3 nitrogen and oxygen atoms in total. The maximum absolute atomic E-state index is 6.04. The molecule has 1 aliphatic rings. The molecular weight excluding hydrogens is 373 g/mol. The van der Waals surface area contributed by atoms with Gasteiger partial charge in [-0.05, 0) is 43.2 Å². The molecule has 0 bridgehead atoms. The molecule has 1 fully saturated rings. The number of rotatable bonds is 4. The van der Waals surface area contributed by atoms with Crippen LogP contribution in [0.3, 0.4) is 0 Å². The fraction of sp³-hybridized carbons (Fsp3) is 0.211. The Balaban J connectivity index is 1.50. The summed E-state index contributed by atoms with van der Waals surface area (Å²) in [6, 6.07) is 14.0. The van der Waals surface area contributed by atoms with E-state index in [1.54, 1.807) is 17.4 Å². The average molecular weight is 390 g/mol. The summed E-state index contributed by atoms with van der Waals surface area (Å²) in [5.41, 5.74) is 4.22. The van der Waals surface area contributed by atoms with E-state index in [9.17, 15) is 0 Å². The van der Waals surface area contributed by atoms with Gasteiger partial charge < -0.3 is 10.2 Å². The first-order valence-electron chi connectivity index (χ1n) is 8.21. The SMILES string of the molecule is Clc1cc(Cl)cc(Nc2nc(-c3ccc(N4CCCC4)cc3)cs2)c1. The van der Waals surface area contributed by atoms with Gasteiger partial charge in [-0.3, -0.25) is 0 Å². The summed E-state index contributed by atoms with van der Waals surface area (Å²) < 4.78 is 0. The molecule has 128 valence electrons. The van der Waals surface area contributed by atoms with Gasteiger partial charge in [0.25, 0.3) is 0 Å². The molecular formula is C19H17Cl2N3S. The molecule has 0 spiro atoms. The number of nitrogens with one attached hydrogen (secondary N) is 1. The van der Waals surface area contributed by atoms with Gasteiger partial charge in [0.05, 0.1) is 5.69 Å². The maximum Gasteiger partial charge on any atom is 0.187 e. The zero-order valence-corrected chi connectivity index (χ0v) is 15.8. The normalized spacial score (nSPS) is 14.1. The van der Waals surface area contributed by atoms with E-state index in [1.807, 2.05) is 12.1 Å². The van der Waals surface area contributed by atoms with Gasteiger partial charge >= 0.3 is 0 Å². The molecule has 2 heterocycles. The minimum absolute atomic E-state index is 0.601. The number of thiazole rings is 1. The van der Waals surface area contributed by atoms with Crippen LogP contribution in [0.4, 0.5) is 16.5 Å². The molecule has 1 N–H and O–H groups in total. The van der Waals surface area contributed by atoms with E-state index in [4.69, 9.17) is 23.2 Å². The van der Waals surface area contributed by atoms with Crippen molar-refractivity contribution in [3.05, 3.63) is 57.9 Å². The highest BCUT2D eigenvalue weighted by molar-refractivity contribution is 7.14. The third-order valence-corrected chi connectivity index (χ3v) is 5.45. The monoisotopic (exact) mass is 389 g/mol. The summed E-state index contributed by atoms with van der Waals surface area (Å²) in [5.74, 6) is 0. The minimum atomic E-state index is 0.601. The van der Waals surface area contributed by atoms with Gasteiger partial charge in [-0.1, -0.05) is 35.3 Å². The minimum Gasteiger partial charge on any atom is -0.372 e. The lowest BCUT2D eigenvalue weighted by Gasteiger charge is -2.17. The van der Waals surface area contributed by atoms with Crippen LogP contribution in [0.25, 0.3) is 11.3 Å². The molecule has 6 heteroatoms. The molecule has 0 atom stereocenters. The van der Waals surface area contributed by atoms with E-state index in [1.165, 1.54) is 18.5 Å². The molecule has 0 unspecified atom stereocenters. The second kappa shape index (κ2) is 7.24. The first kappa shape index (κ1) is 16.7. The second-order valence-electron chi connectivity index (χ2n) is 6.06. The molecule has 3 aromatic rings. The van der Waals surface area contributed by atoms with Crippen molar-refractivity contribution in [1.82, 2.24) is 4.98 Å². The number of anilines is 3. The van der Waals surface area contributed by atoms with Crippen LogP contribution in [0, 0.1) is 0 Å². The maximum atomic E-state index is 6.04. The molecule has 0 radical (unpaired) electrons. The van der Waals surface area contributed by atoms with E-state index in [0.29, 0.717) is 10.0 Å². The highest BCUT2D eigenvalue weighted by Gasteiger charge is 2.12. The molecule has 0 aliphatic carbocycles. The Morgan fingerprint density at radius 3 is 2.32 bits per heavy atom. The summed E-state index contributed by atoms with van der Waals surface area (Å²) >= 11 is 13.6. The van der Waals surface area contributed by atoms with Crippen LogP contribution < -0.4 is 10.2 Å². The van der Waals surface area contributed by atoms with Crippen molar-refractivity contribution in [3.8, 4) is 11.3 Å². The number of nitrogens with zero attached hydrogens (tertiary/aromatic N) is 2. The molecule has 0 amide bonds. The van der Waals surface area contributed by atoms with Crippen molar-refractivity contribution >= 4 is 51.0 Å². The predicted octanol–water partition coefficient (Wildman–Crippen LogP) is 6.46. The highest BCUT2D eigenvalue weighted by Crippen LogP contribution is 2.31. The van der Waals surface area contributed by atoms with Gasteiger partial charge in [0, 0.05) is 45.5 Å². The van der Waals surface area contributed by atoms with Crippen LogP contribution in [0.15, 0.2) is 47.8 Å². The third kappa shape index (κ3) is 3.92. The van der Waals surface area contributed by atoms with Crippen LogP contribution in [-0.2, 0) is 0 Å². The van der Waals surface area contributed by atoms with Crippen molar-refractivity contribution < 1.29 is 0 Å². The van der Waals surface area contributed by atoms with Crippen LogP contribution in [0.1, 0.15) is 12.8 Å². The number of aromatic nitrogens is 1. The Hall–Kier alpha value is -1.75.